The van der Waals surface area contributed by atoms with Crippen molar-refractivity contribution in [3.8, 4) is 10.8 Å². The normalized spacial score (nSPS) is 28.0. The number of thiazole rings is 1. The van der Waals surface area contributed by atoms with E-state index < -0.39 is 0 Å². The highest BCUT2D eigenvalue weighted by atomic mass is 32.1. The molecule has 5 nitrogen and oxygen atoms in total. The molecule has 4 rings (SSSR count). The van der Waals surface area contributed by atoms with E-state index >= 15 is 0 Å². The summed E-state index contributed by atoms with van der Waals surface area (Å²) < 4.78 is 5.30. The lowest BCUT2D eigenvalue weighted by molar-refractivity contribution is 0.0747. The van der Waals surface area contributed by atoms with Crippen molar-refractivity contribution in [3.05, 3.63) is 29.5 Å². The Morgan fingerprint density at radius 2 is 2.33 bits per heavy atom. The van der Waals surface area contributed by atoms with E-state index in [4.69, 9.17) is 4.42 Å². The van der Waals surface area contributed by atoms with Gasteiger partial charge in [0.15, 0.2) is 10.8 Å². The summed E-state index contributed by atoms with van der Waals surface area (Å²) in [5.74, 6) is 1.35. The van der Waals surface area contributed by atoms with E-state index in [2.05, 4.69) is 4.98 Å². The predicted octanol–water partition coefficient (Wildman–Crippen LogP) is 2.25. The number of aromatic nitrogens is 1. The van der Waals surface area contributed by atoms with Crippen LogP contribution in [-0.4, -0.2) is 40.1 Å². The van der Waals surface area contributed by atoms with Crippen LogP contribution in [0.15, 0.2) is 28.2 Å². The Balaban J connectivity index is 1.51. The maximum absolute atomic E-state index is 12.5. The topological polar surface area (TPSA) is 66.6 Å². The van der Waals surface area contributed by atoms with Crippen molar-refractivity contribution in [2.24, 2.45) is 11.8 Å². The molecule has 6 heteroatoms. The van der Waals surface area contributed by atoms with Gasteiger partial charge >= 0.3 is 0 Å². The lowest BCUT2D eigenvalue weighted by Gasteiger charge is -2.17. The fourth-order valence-electron chi connectivity index (χ4n) is 3.45. The molecule has 3 atom stereocenters. The maximum Gasteiger partial charge on any atom is 0.273 e. The standard InChI is InChI=1S/C15H16N2O3S/c18-12-4-3-9-6-17(7-10(9)12)15(19)11-8-21-14(16-11)13-2-1-5-20-13/h1-2,5,8-10,12,18H,3-4,6-7H2. The molecule has 0 aromatic carbocycles. The smallest absolute Gasteiger partial charge is 0.273 e. The van der Waals surface area contributed by atoms with Gasteiger partial charge < -0.3 is 14.4 Å². The number of likely N-dealkylation sites (tertiary alicyclic amines) is 1. The SMILES string of the molecule is O=C(c1csc(-c2ccco2)n1)N1CC2CCC(O)C2C1. The number of carbonyl (C=O) groups is 1. The van der Waals surface area contributed by atoms with E-state index in [1.165, 1.54) is 11.3 Å². The van der Waals surface area contributed by atoms with Crippen LogP contribution in [0, 0.1) is 11.8 Å². The molecular weight excluding hydrogens is 288 g/mol. The zero-order chi connectivity index (χ0) is 14.4. The summed E-state index contributed by atoms with van der Waals surface area (Å²) in [6, 6.07) is 3.64. The molecular formula is C15H16N2O3S. The summed E-state index contributed by atoms with van der Waals surface area (Å²) in [6.07, 6.45) is 3.24. The second-order valence-corrected chi connectivity index (χ2v) is 6.65. The van der Waals surface area contributed by atoms with E-state index in [-0.39, 0.29) is 17.9 Å². The minimum absolute atomic E-state index is 0.0364. The monoisotopic (exact) mass is 304 g/mol. The molecule has 3 heterocycles. The molecule has 0 bridgehead atoms. The van der Waals surface area contributed by atoms with Crippen molar-refractivity contribution in [3.63, 3.8) is 0 Å². The van der Waals surface area contributed by atoms with Crippen molar-refractivity contribution in [1.29, 1.82) is 0 Å². The van der Waals surface area contributed by atoms with Crippen molar-refractivity contribution >= 4 is 17.2 Å². The average molecular weight is 304 g/mol. The summed E-state index contributed by atoms with van der Waals surface area (Å²) in [6.45, 7) is 1.40. The number of aliphatic hydroxyl groups excluding tert-OH is 1. The number of rotatable bonds is 2. The fourth-order valence-corrected chi connectivity index (χ4v) is 4.21. The van der Waals surface area contributed by atoms with Gasteiger partial charge in [-0.05, 0) is 30.9 Å². The Morgan fingerprint density at radius 1 is 1.43 bits per heavy atom. The fraction of sp³-hybridized carbons (Fsp3) is 0.467. The molecule has 1 saturated carbocycles. The molecule has 2 aliphatic rings. The minimum Gasteiger partial charge on any atom is -0.462 e. The number of carbonyl (C=O) groups excluding carboxylic acids is 1. The molecule has 1 amide bonds. The lowest BCUT2D eigenvalue weighted by Crippen LogP contribution is -2.31. The van der Waals surface area contributed by atoms with Gasteiger partial charge in [0.25, 0.3) is 5.91 Å². The molecule has 3 unspecified atom stereocenters. The number of aliphatic hydroxyl groups is 1. The first-order chi connectivity index (χ1) is 10.2. The molecule has 1 aliphatic heterocycles. The first-order valence-electron chi connectivity index (χ1n) is 7.19. The van der Waals surface area contributed by atoms with E-state index in [1.807, 2.05) is 11.0 Å². The molecule has 1 saturated heterocycles. The van der Waals surface area contributed by atoms with Crippen LogP contribution in [0.1, 0.15) is 23.3 Å². The van der Waals surface area contributed by atoms with Crippen LogP contribution >= 0.6 is 11.3 Å². The summed E-state index contributed by atoms with van der Waals surface area (Å²) in [4.78, 5) is 18.7. The lowest BCUT2D eigenvalue weighted by atomic mass is 10.00. The Kier molecular flexibility index (Phi) is 3.08. The summed E-state index contributed by atoms with van der Waals surface area (Å²) >= 11 is 1.41. The third-order valence-electron chi connectivity index (χ3n) is 4.56. The largest absolute Gasteiger partial charge is 0.462 e. The van der Waals surface area contributed by atoms with Gasteiger partial charge in [-0.3, -0.25) is 4.79 Å². The Hall–Kier alpha value is -1.66. The number of hydrogen-bond acceptors (Lipinski definition) is 5. The molecule has 21 heavy (non-hydrogen) atoms. The van der Waals surface area contributed by atoms with Gasteiger partial charge in [0.05, 0.1) is 12.4 Å². The van der Waals surface area contributed by atoms with Crippen LogP contribution in [0.4, 0.5) is 0 Å². The number of nitrogens with zero attached hydrogens (tertiary/aromatic N) is 2. The van der Waals surface area contributed by atoms with Gasteiger partial charge in [-0.1, -0.05) is 0 Å². The minimum atomic E-state index is -0.248. The Labute approximate surface area is 126 Å². The van der Waals surface area contributed by atoms with Gasteiger partial charge in [-0.15, -0.1) is 11.3 Å². The van der Waals surface area contributed by atoms with E-state index in [0.717, 1.165) is 24.4 Å². The van der Waals surface area contributed by atoms with E-state index in [9.17, 15) is 9.90 Å². The molecule has 0 radical (unpaired) electrons. The molecule has 0 spiro atoms. The highest BCUT2D eigenvalue weighted by molar-refractivity contribution is 7.13. The summed E-state index contributed by atoms with van der Waals surface area (Å²) in [5, 5.41) is 12.4. The van der Waals surface area contributed by atoms with Crippen LogP contribution in [0.5, 0.6) is 0 Å². The van der Waals surface area contributed by atoms with Crippen molar-refractivity contribution < 1.29 is 14.3 Å². The summed E-state index contributed by atoms with van der Waals surface area (Å²) in [7, 11) is 0. The zero-order valence-electron chi connectivity index (χ0n) is 11.4. The molecule has 2 aromatic rings. The maximum atomic E-state index is 12.5. The van der Waals surface area contributed by atoms with Crippen LogP contribution in [0.25, 0.3) is 10.8 Å². The van der Waals surface area contributed by atoms with Crippen molar-refractivity contribution in [1.82, 2.24) is 9.88 Å². The van der Waals surface area contributed by atoms with Crippen LogP contribution in [-0.2, 0) is 0 Å². The van der Waals surface area contributed by atoms with Crippen LogP contribution in [0.3, 0.4) is 0 Å². The third kappa shape index (κ3) is 2.18. The quantitative estimate of drug-likeness (QED) is 0.924. The van der Waals surface area contributed by atoms with Crippen LogP contribution in [0.2, 0.25) is 0 Å². The first-order valence-corrected chi connectivity index (χ1v) is 8.07. The Bertz CT molecular complexity index is 652. The number of furan rings is 1. The van der Waals surface area contributed by atoms with Crippen molar-refractivity contribution in [2.75, 3.05) is 13.1 Å². The molecule has 110 valence electrons. The van der Waals surface area contributed by atoms with Crippen molar-refractivity contribution in [2.45, 2.75) is 18.9 Å². The zero-order valence-corrected chi connectivity index (χ0v) is 12.3. The predicted molar refractivity (Wildman–Crippen MR) is 77.9 cm³/mol. The van der Waals surface area contributed by atoms with Crippen LogP contribution < -0.4 is 0 Å². The third-order valence-corrected chi connectivity index (χ3v) is 5.42. The van der Waals surface area contributed by atoms with Gasteiger partial charge in [-0.2, -0.15) is 0 Å². The first kappa shape index (κ1) is 13.0. The number of amides is 1. The highest BCUT2D eigenvalue weighted by Gasteiger charge is 2.43. The van der Waals surface area contributed by atoms with E-state index in [1.54, 1.807) is 17.7 Å². The number of hydrogen-bond donors (Lipinski definition) is 1. The molecule has 2 fully saturated rings. The van der Waals surface area contributed by atoms with Gasteiger partial charge in [0.1, 0.15) is 5.69 Å². The number of fused-ring (bicyclic) bond motifs is 1. The van der Waals surface area contributed by atoms with E-state index in [0.29, 0.717) is 23.9 Å². The summed E-state index contributed by atoms with van der Waals surface area (Å²) in [5.41, 5.74) is 0.473. The van der Waals surface area contributed by atoms with Gasteiger partial charge in [-0.25, -0.2) is 4.98 Å². The second-order valence-electron chi connectivity index (χ2n) is 5.79. The van der Waals surface area contributed by atoms with Gasteiger partial charge in [0.2, 0.25) is 0 Å². The molecule has 1 N–H and O–H groups in total. The Morgan fingerprint density at radius 3 is 3.10 bits per heavy atom. The molecule has 1 aliphatic carbocycles. The highest BCUT2D eigenvalue weighted by Crippen LogP contribution is 2.38. The molecule has 2 aromatic heterocycles. The van der Waals surface area contributed by atoms with Gasteiger partial charge in [0, 0.05) is 24.4 Å². The average Bonchev–Trinajstić information content (AvgIpc) is 3.25. The second kappa shape index (κ2) is 4.96.